The van der Waals surface area contributed by atoms with Gasteiger partial charge in [0.15, 0.2) is 0 Å². The van der Waals surface area contributed by atoms with E-state index in [2.05, 4.69) is 0 Å². The summed E-state index contributed by atoms with van der Waals surface area (Å²) in [5.74, 6) is -0.230. The molecule has 2 rings (SSSR count). The van der Waals surface area contributed by atoms with E-state index in [9.17, 15) is 5.11 Å². The molecule has 2 aromatic rings. The first kappa shape index (κ1) is 6.18. The predicted octanol–water partition coefficient (Wildman–Crippen LogP) is 1.42. The number of benzene rings is 1. The Labute approximate surface area is 78.0 Å². The molecule has 0 saturated carbocycles. The smallest absolute Gasteiger partial charge is 0.136 e. The fourth-order valence-corrected chi connectivity index (χ4v) is 1.35. The third kappa shape index (κ3) is 1.22. The van der Waals surface area contributed by atoms with Crippen LogP contribution in [0.4, 0.5) is 0 Å². The van der Waals surface area contributed by atoms with Gasteiger partial charge in [-0.2, -0.15) is 0 Å². The highest BCUT2D eigenvalue weighted by molar-refractivity contribution is 5.82. The van der Waals surface area contributed by atoms with Crippen molar-refractivity contribution in [3.05, 3.63) is 35.6 Å². The number of hydrogen-bond acceptors (Lipinski definition) is 3. The van der Waals surface area contributed by atoms with E-state index in [4.69, 9.17) is 12.3 Å². The largest absolute Gasteiger partial charge is 0.458 e. The van der Waals surface area contributed by atoms with E-state index >= 15 is 0 Å². The number of fused-ring (bicyclic) bond motifs is 1. The van der Waals surface area contributed by atoms with Crippen LogP contribution in [-0.2, 0) is 13.2 Å². The normalized spacial score (nSPS) is 14.3. The fraction of sp³-hybridized carbons (Fsp3) is 0.200. The van der Waals surface area contributed by atoms with Crippen LogP contribution in [0, 0.1) is 0 Å². The van der Waals surface area contributed by atoms with Crippen LogP contribution < -0.4 is 0 Å². The maximum Gasteiger partial charge on any atom is 0.136 e. The third-order valence-corrected chi connectivity index (χ3v) is 1.96. The second kappa shape index (κ2) is 3.20. The van der Waals surface area contributed by atoms with Crippen molar-refractivity contribution < 1.29 is 17.4 Å². The lowest BCUT2D eigenvalue weighted by molar-refractivity contribution is 0.236. The number of para-hydroxylation sites is 1. The van der Waals surface area contributed by atoms with Crippen LogP contribution in [0.25, 0.3) is 11.0 Å². The number of aliphatic hydroxyl groups is 2. The summed E-state index contributed by atoms with van der Waals surface area (Å²) in [4.78, 5) is 0. The lowest BCUT2D eigenvalue weighted by atomic mass is 10.1. The van der Waals surface area contributed by atoms with E-state index in [1.54, 1.807) is 24.3 Å². The van der Waals surface area contributed by atoms with E-state index in [0.29, 0.717) is 11.0 Å². The monoisotopic (exact) mass is 180 g/mol. The number of rotatable bonds is 2. The molecule has 0 bridgehead atoms. The summed E-state index contributed by atoms with van der Waals surface area (Å²) in [7, 11) is 0. The van der Waals surface area contributed by atoms with Gasteiger partial charge in [0.05, 0.1) is 9.35 Å². The molecule has 13 heavy (non-hydrogen) atoms. The van der Waals surface area contributed by atoms with E-state index in [1.165, 1.54) is 0 Å². The van der Waals surface area contributed by atoms with Gasteiger partial charge >= 0.3 is 0 Å². The highest BCUT2D eigenvalue weighted by atomic mass is 16.4. The summed E-state index contributed by atoms with van der Waals surface area (Å²) in [5, 5.41) is 19.0. The van der Waals surface area contributed by atoms with E-state index in [-0.39, 0.29) is 17.9 Å². The van der Waals surface area contributed by atoms with Crippen LogP contribution in [0.2, 0.25) is 0 Å². The summed E-state index contributed by atoms with van der Waals surface area (Å²) in [6.45, 7) is -2.94. The Hall–Kier alpha value is -1.32. The molecule has 0 aliphatic heterocycles. The van der Waals surface area contributed by atoms with Crippen LogP contribution in [0.1, 0.15) is 14.1 Å². The minimum atomic E-state index is -2.57. The van der Waals surface area contributed by atoms with Gasteiger partial charge in [-0.05, 0) is 6.07 Å². The molecule has 0 saturated heterocycles. The van der Waals surface area contributed by atoms with E-state index in [0.717, 1.165) is 0 Å². The van der Waals surface area contributed by atoms with Crippen molar-refractivity contribution in [3.8, 4) is 0 Å². The van der Waals surface area contributed by atoms with E-state index < -0.39 is 6.56 Å². The maximum absolute atomic E-state index is 9.23. The van der Waals surface area contributed by atoms with Gasteiger partial charge in [0.1, 0.15) is 17.9 Å². The molecule has 68 valence electrons. The summed E-state index contributed by atoms with van der Waals surface area (Å²) in [6, 6.07) is 6.86. The zero-order valence-corrected chi connectivity index (χ0v) is 6.82. The van der Waals surface area contributed by atoms with Gasteiger partial charge in [-0.3, -0.25) is 0 Å². The molecule has 0 aliphatic rings. The lowest BCUT2D eigenvalue weighted by Gasteiger charge is -1.93. The van der Waals surface area contributed by atoms with Crippen molar-refractivity contribution in [2.45, 2.75) is 13.2 Å². The molecule has 0 spiro atoms. The molecule has 3 nitrogen and oxygen atoms in total. The highest BCUT2D eigenvalue weighted by Crippen LogP contribution is 2.25. The summed E-state index contributed by atoms with van der Waals surface area (Å²) >= 11 is 0. The zero-order chi connectivity index (χ0) is 11.1. The second-order valence-electron chi connectivity index (χ2n) is 2.68. The quantitative estimate of drug-likeness (QED) is 0.734. The molecular weight excluding hydrogens is 168 g/mol. The number of hydrogen-bond donors (Lipinski definition) is 2. The van der Waals surface area contributed by atoms with Gasteiger partial charge in [-0.15, -0.1) is 0 Å². The lowest BCUT2D eigenvalue weighted by Crippen LogP contribution is -1.87. The third-order valence-electron chi connectivity index (χ3n) is 1.96. The Morgan fingerprint density at radius 2 is 2.08 bits per heavy atom. The SMILES string of the molecule is [2H]C([2H])(O)c1oc2ccccc2c1CO. The van der Waals surface area contributed by atoms with Crippen LogP contribution >= 0.6 is 0 Å². The van der Waals surface area contributed by atoms with Crippen LogP contribution in [0.3, 0.4) is 0 Å². The van der Waals surface area contributed by atoms with Crippen molar-refractivity contribution in [1.82, 2.24) is 0 Å². The highest BCUT2D eigenvalue weighted by Gasteiger charge is 2.10. The first-order valence-electron chi connectivity index (χ1n) is 4.88. The average molecular weight is 180 g/mol. The molecule has 0 fully saturated rings. The van der Waals surface area contributed by atoms with Crippen LogP contribution in [-0.4, -0.2) is 10.2 Å². The molecule has 2 N–H and O–H groups in total. The summed E-state index contributed by atoms with van der Waals surface area (Å²) in [6.07, 6.45) is 0. The molecule has 3 heteroatoms. The zero-order valence-electron chi connectivity index (χ0n) is 8.82. The molecule has 1 aromatic carbocycles. The summed E-state index contributed by atoms with van der Waals surface area (Å²) < 4.78 is 19.5. The van der Waals surface area contributed by atoms with Gasteiger partial charge in [-0.1, -0.05) is 18.2 Å². The molecular formula is C10H10O3. The molecule has 1 aromatic heterocycles. The Morgan fingerprint density at radius 3 is 2.77 bits per heavy atom. The minimum Gasteiger partial charge on any atom is -0.458 e. The topological polar surface area (TPSA) is 53.6 Å². The van der Waals surface area contributed by atoms with Crippen molar-refractivity contribution in [1.29, 1.82) is 0 Å². The maximum atomic E-state index is 9.23. The molecule has 0 radical (unpaired) electrons. The Morgan fingerprint density at radius 1 is 1.31 bits per heavy atom. The molecule has 1 heterocycles. The van der Waals surface area contributed by atoms with E-state index in [1.807, 2.05) is 0 Å². The van der Waals surface area contributed by atoms with Gasteiger partial charge in [0, 0.05) is 10.9 Å². The Bertz CT molecular complexity index is 485. The van der Waals surface area contributed by atoms with Crippen molar-refractivity contribution in [2.75, 3.05) is 0 Å². The first-order valence-corrected chi connectivity index (χ1v) is 3.88. The Kier molecular flexibility index (Phi) is 1.52. The van der Waals surface area contributed by atoms with Gasteiger partial charge in [-0.25, -0.2) is 0 Å². The number of aliphatic hydroxyl groups excluding tert-OH is 1. The van der Waals surface area contributed by atoms with Crippen LogP contribution in [0.15, 0.2) is 28.7 Å². The molecule has 0 unspecified atom stereocenters. The predicted molar refractivity (Wildman–Crippen MR) is 48.1 cm³/mol. The fourth-order valence-electron chi connectivity index (χ4n) is 1.35. The van der Waals surface area contributed by atoms with Crippen molar-refractivity contribution in [3.63, 3.8) is 0 Å². The number of furan rings is 1. The molecule has 0 amide bonds. The van der Waals surface area contributed by atoms with Crippen LogP contribution in [0.5, 0.6) is 0 Å². The van der Waals surface area contributed by atoms with Gasteiger partial charge < -0.3 is 14.6 Å². The standard InChI is InChI=1S/C10H10O3/c11-5-8-7-3-1-2-4-9(7)13-10(8)6-12/h1-4,11-12H,5-6H2/i6D2. The second-order valence-corrected chi connectivity index (χ2v) is 2.68. The summed E-state index contributed by atoms with van der Waals surface area (Å²) in [5.41, 5.74) is 0.743. The van der Waals surface area contributed by atoms with Gasteiger partial charge in [0.2, 0.25) is 0 Å². The molecule has 0 aliphatic carbocycles. The minimum absolute atomic E-state index is 0.230. The Balaban J connectivity index is 2.75. The van der Waals surface area contributed by atoms with Crippen molar-refractivity contribution in [2.24, 2.45) is 0 Å². The van der Waals surface area contributed by atoms with Crippen molar-refractivity contribution >= 4 is 11.0 Å². The van der Waals surface area contributed by atoms with Gasteiger partial charge in [0.25, 0.3) is 0 Å². The average Bonchev–Trinajstić information content (AvgIpc) is 2.55. The first-order chi connectivity index (χ1) is 7.04. The molecule has 0 atom stereocenters.